The summed E-state index contributed by atoms with van der Waals surface area (Å²) in [5.74, 6) is 0. The Morgan fingerprint density at radius 2 is 1.70 bits per heavy atom. The average molecular weight is 187 g/mol. The summed E-state index contributed by atoms with van der Waals surface area (Å²) in [5.41, 5.74) is 0. The molecule has 0 aromatic heterocycles. The molecule has 0 spiro atoms. The Labute approximate surface area is 65.6 Å². The molecule has 0 fully saturated rings. The van der Waals surface area contributed by atoms with Gasteiger partial charge in [0.15, 0.2) is 0 Å². The summed E-state index contributed by atoms with van der Waals surface area (Å²) in [6.45, 7) is 3.32. The number of hydrogen-bond donors (Lipinski definition) is 2. The van der Waals surface area contributed by atoms with Crippen LogP contribution in [0.15, 0.2) is 0 Å². The zero-order chi connectivity index (χ0) is 8.41. The molecule has 3 nitrogen and oxygen atoms in total. The van der Waals surface area contributed by atoms with Gasteiger partial charge in [0.25, 0.3) is 0 Å². The van der Waals surface area contributed by atoms with Crippen molar-refractivity contribution in [1.29, 1.82) is 0 Å². The maximum Gasteiger partial charge on any atom is 0.346 e. The Morgan fingerprint density at radius 1 is 1.40 bits per heavy atom. The van der Waals surface area contributed by atoms with Gasteiger partial charge in [-0.05, 0) is 12.8 Å². The van der Waals surface area contributed by atoms with Gasteiger partial charge in [-0.25, -0.2) is 0 Å². The minimum Gasteiger partial charge on any atom is -0.323 e. The lowest BCUT2D eigenvalue weighted by Gasteiger charge is -2.24. The average Bonchev–Trinajstić information content (AvgIpc) is 1.84. The number of alkyl halides is 1. The first-order chi connectivity index (χ1) is 4.37. The van der Waals surface area contributed by atoms with Gasteiger partial charge in [-0.15, -0.1) is 11.6 Å². The standard InChI is InChI=1S/C5H12ClO3P/c1-3-5(6,4-2)10(7,8)9/h3-4H2,1-2H3,(H2,7,8,9). The topological polar surface area (TPSA) is 57.5 Å². The van der Waals surface area contributed by atoms with Gasteiger partial charge < -0.3 is 9.79 Å². The van der Waals surface area contributed by atoms with Crippen LogP contribution in [0.5, 0.6) is 0 Å². The maximum atomic E-state index is 10.7. The molecule has 10 heavy (non-hydrogen) atoms. The highest BCUT2D eigenvalue weighted by atomic mass is 35.5. The normalized spacial score (nSPS) is 13.7. The molecule has 2 N–H and O–H groups in total. The van der Waals surface area contributed by atoms with Crippen molar-refractivity contribution in [2.75, 3.05) is 0 Å². The monoisotopic (exact) mass is 186 g/mol. The minimum atomic E-state index is -4.12. The van der Waals surface area contributed by atoms with Gasteiger partial charge in [-0.1, -0.05) is 13.8 Å². The molecule has 0 bridgehead atoms. The molecule has 0 aliphatic carbocycles. The zero-order valence-corrected chi connectivity index (χ0v) is 7.69. The molecule has 0 aliphatic heterocycles. The lowest BCUT2D eigenvalue weighted by Crippen LogP contribution is -2.18. The van der Waals surface area contributed by atoms with Crippen LogP contribution in [0.25, 0.3) is 0 Å². The highest BCUT2D eigenvalue weighted by molar-refractivity contribution is 7.55. The molecule has 0 aliphatic rings. The number of rotatable bonds is 3. The van der Waals surface area contributed by atoms with Crippen molar-refractivity contribution in [3.8, 4) is 0 Å². The van der Waals surface area contributed by atoms with Gasteiger partial charge >= 0.3 is 7.60 Å². The largest absolute Gasteiger partial charge is 0.346 e. The van der Waals surface area contributed by atoms with Crippen LogP contribution in [-0.4, -0.2) is 14.4 Å². The fraction of sp³-hybridized carbons (Fsp3) is 1.00. The minimum absolute atomic E-state index is 0.287. The third kappa shape index (κ3) is 1.96. The van der Waals surface area contributed by atoms with Gasteiger partial charge in [-0.3, -0.25) is 4.57 Å². The van der Waals surface area contributed by atoms with Crippen molar-refractivity contribution in [1.82, 2.24) is 0 Å². The van der Waals surface area contributed by atoms with E-state index in [4.69, 9.17) is 21.4 Å². The van der Waals surface area contributed by atoms with Gasteiger partial charge in [0.2, 0.25) is 0 Å². The molecule has 0 saturated heterocycles. The Morgan fingerprint density at radius 3 is 1.70 bits per heavy atom. The summed E-state index contributed by atoms with van der Waals surface area (Å²) in [6.07, 6.45) is 0.574. The van der Waals surface area contributed by atoms with E-state index in [1.54, 1.807) is 13.8 Å². The van der Waals surface area contributed by atoms with Crippen LogP contribution in [0.2, 0.25) is 0 Å². The van der Waals surface area contributed by atoms with Gasteiger partial charge in [-0.2, -0.15) is 0 Å². The third-order valence-corrected chi connectivity index (χ3v) is 4.48. The van der Waals surface area contributed by atoms with Crippen LogP contribution in [0.1, 0.15) is 26.7 Å². The lowest BCUT2D eigenvalue weighted by molar-refractivity contribution is 0.344. The quantitative estimate of drug-likeness (QED) is 0.523. The van der Waals surface area contributed by atoms with E-state index in [2.05, 4.69) is 0 Å². The van der Waals surface area contributed by atoms with E-state index in [0.717, 1.165) is 0 Å². The summed E-state index contributed by atoms with van der Waals surface area (Å²) in [6, 6.07) is 0. The molecule has 0 aromatic carbocycles. The maximum absolute atomic E-state index is 10.7. The Balaban J connectivity index is 4.50. The number of halogens is 1. The van der Waals surface area contributed by atoms with E-state index in [1.165, 1.54) is 0 Å². The van der Waals surface area contributed by atoms with Gasteiger partial charge in [0.05, 0.1) is 0 Å². The molecule has 0 rings (SSSR count). The zero-order valence-electron chi connectivity index (χ0n) is 6.04. The second-order valence-electron chi connectivity index (χ2n) is 2.17. The SMILES string of the molecule is CCC(Cl)(CC)P(=O)(O)O. The molecule has 5 heteroatoms. The van der Waals surface area contributed by atoms with Crippen molar-refractivity contribution in [3.63, 3.8) is 0 Å². The highest BCUT2D eigenvalue weighted by Crippen LogP contribution is 2.56. The molecule has 0 unspecified atom stereocenters. The molecule has 0 amide bonds. The molecule has 0 atom stereocenters. The summed E-state index contributed by atoms with van der Waals surface area (Å²) >= 11 is 5.62. The first-order valence-corrected chi connectivity index (χ1v) is 5.11. The Bertz CT molecular complexity index is 149. The second-order valence-corrected chi connectivity index (χ2v) is 5.10. The van der Waals surface area contributed by atoms with Crippen molar-refractivity contribution in [2.24, 2.45) is 0 Å². The Kier molecular flexibility index (Phi) is 3.37. The van der Waals surface area contributed by atoms with Crippen molar-refractivity contribution in [3.05, 3.63) is 0 Å². The van der Waals surface area contributed by atoms with Crippen LogP contribution in [-0.2, 0) is 4.57 Å². The molecular weight excluding hydrogens is 174 g/mol. The lowest BCUT2D eigenvalue weighted by atomic mass is 10.2. The van der Waals surface area contributed by atoms with Gasteiger partial charge in [0.1, 0.15) is 4.62 Å². The molecule has 62 valence electrons. The van der Waals surface area contributed by atoms with Crippen molar-refractivity contribution in [2.45, 2.75) is 31.3 Å². The summed E-state index contributed by atoms with van der Waals surface area (Å²) < 4.78 is 9.34. The summed E-state index contributed by atoms with van der Waals surface area (Å²) in [7, 11) is -4.12. The number of hydrogen-bond acceptors (Lipinski definition) is 1. The first kappa shape index (κ1) is 10.4. The van der Waals surface area contributed by atoms with Crippen LogP contribution in [0.4, 0.5) is 0 Å². The third-order valence-electron chi connectivity index (χ3n) is 1.61. The van der Waals surface area contributed by atoms with E-state index in [1.807, 2.05) is 0 Å². The van der Waals surface area contributed by atoms with E-state index in [-0.39, 0.29) is 12.8 Å². The fourth-order valence-corrected chi connectivity index (χ4v) is 1.49. The summed E-state index contributed by atoms with van der Waals surface area (Å²) in [5, 5.41) is 0. The second kappa shape index (κ2) is 3.22. The smallest absolute Gasteiger partial charge is 0.323 e. The molecule has 0 heterocycles. The van der Waals surface area contributed by atoms with Crippen molar-refractivity contribution >= 4 is 19.2 Å². The highest BCUT2D eigenvalue weighted by Gasteiger charge is 2.41. The van der Waals surface area contributed by atoms with E-state index in [9.17, 15) is 4.57 Å². The van der Waals surface area contributed by atoms with Crippen molar-refractivity contribution < 1.29 is 14.4 Å². The molecular formula is C5H12ClO3P. The first-order valence-electron chi connectivity index (χ1n) is 3.12. The van der Waals surface area contributed by atoms with Crippen LogP contribution < -0.4 is 0 Å². The molecule has 0 radical (unpaired) electrons. The van der Waals surface area contributed by atoms with E-state index < -0.39 is 12.2 Å². The predicted octanol–water partition coefficient (Wildman–Crippen LogP) is 1.92. The summed E-state index contributed by atoms with van der Waals surface area (Å²) in [4.78, 5) is 17.4. The molecule has 0 saturated carbocycles. The van der Waals surface area contributed by atoms with E-state index in [0.29, 0.717) is 0 Å². The predicted molar refractivity (Wildman–Crippen MR) is 41.2 cm³/mol. The van der Waals surface area contributed by atoms with Crippen LogP contribution in [0, 0.1) is 0 Å². The van der Waals surface area contributed by atoms with Crippen LogP contribution >= 0.6 is 19.2 Å². The fourth-order valence-electron chi connectivity index (χ4n) is 0.662. The van der Waals surface area contributed by atoms with Gasteiger partial charge in [0, 0.05) is 0 Å². The molecule has 0 aromatic rings. The van der Waals surface area contributed by atoms with E-state index >= 15 is 0 Å². The Hall–Kier alpha value is 0.440. The van der Waals surface area contributed by atoms with Crippen LogP contribution in [0.3, 0.4) is 0 Å².